The standard InChI is InChI=1S/C18H26F3N3O3/c1-11-5-2-3-8-17(11)15(26)24(16(27)23-17)10-14(25)22-13-7-4-6-12(9-13)18(19,20)21/h11-13H,2-10H2,1H3,(H,22,25)(H,23,27)/t11-,12-,13-,17+/m1/s1. The molecule has 2 saturated carbocycles. The lowest BCUT2D eigenvalue weighted by atomic mass is 9.73. The minimum atomic E-state index is -4.27. The monoisotopic (exact) mass is 389 g/mol. The van der Waals surface area contributed by atoms with E-state index in [1.807, 2.05) is 6.92 Å². The number of carbonyl (C=O) groups is 3. The summed E-state index contributed by atoms with van der Waals surface area (Å²) in [6.07, 6.45) is -0.290. The minimum absolute atomic E-state index is 0.0124. The van der Waals surface area contributed by atoms with Crippen LogP contribution < -0.4 is 10.6 Å². The molecule has 3 rings (SSSR count). The molecule has 4 amide bonds. The molecule has 2 aliphatic carbocycles. The number of alkyl halides is 3. The van der Waals surface area contributed by atoms with Gasteiger partial charge < -0.3 is 10.6 Å². The number of hydrogen-bond acceptors (Lipinski definition) is 3. The average Bonchev–Trinajstić information content (AvgIpc) is 2.82. The fourth-order valence-electron chi connectivity index (χ4n) is 4.67. The van der Waals surface area contributed by atoms with Gasteiger partial charge in [-0.05, 0) is 38.0 Å². The van der Waals surface area contributed by atoms with Gasteiger partial charge in [0, 0.05) is 6.04 Å². The summed E-state index contributed by atoms with van der Waals surface area (Å²) in [7, 11) is 0. The van der Waals surface area contributed by atoms with Crippen LogP contribution in [0.15, 0.2) is 0 Å². The van der Waals surface area contributed by atoms with E-state index in [0.717, 1.165) is 24.2 Å². The minimum Gasteiger partial charge on any atom is -0.352 e. The highest BCUT2D eigenvalue weighted by molar-refractivity contribution is 6.09. The van der Waals surface area contributed by atoms with Gasteiger partial charge in [0.15, 0.2) is 0 Å². The largest absolute Gasteiger partial charge is 0.391 e. The quantitative estimate of drug-likeness (QED) is 0.729. The third-order valence-electron chi connectivity index (χ3n) is 6.31. The zero-order valence-corrected chi connectivity index (χ0v) is 15.4. The Morgan fingerprint density at radius 1 is 1.22 bits per heavy atom. The Balaban J connectivity index is 1.59. The number of nitrogens with zero attached hydrogens (tertiary/aromatic N) is 1. The second-order valence-electron chi connectivity index (χ2n) is 8.11. The Bertz CT molecular complexity index is 625. The second kappa shape index (κ2) is 7.31. The van der Waals surface area contributed by atoms with Crippen molar-refractivity contribution in [3.63, 3.8) is 0 Å². The van der Waals surface area contributed by atoms with Gasteiger partial charge in [-0.1, -0.05) is 26.2 Å². The number of amides is 4. The Kier molecular flexibility index (Phi) is 5.40. The van der Waals surface area contributed by atoms with Gasteiger partial charge >= 0.3 is 12.2 Å². The maximum absolute atomic E-state index is 12.9. The van der Waals surface area contributed by atoms with E-state index in [2.05, 4.69) is 10.6 Å². The summed E-state index contributed by atoms with van der Waals surface area (Å²) in [6.45, 7) is 1.46. The summed E-state index contributed by atoms with van der Waals surface area (Å²) in [4.78, 5) is 38.3. The smallest absolute Gasteiger partial charge is 0.352 e. The van der Waals surface area contributed by atoms with E-state index >= 15 is 0 Å². The molecule has 3 fully saturated rings. The lowest BCUT2D eigenvalue weighted by Gasteiger charge is -2.36. The van der Waals surface area contributed by atoms with Crippen LogP contribution in [0.25, 0.3) is 0 Å². The molecule has 1 spiro atoms. The second-order valence-corrected chi connectivity index (χ2v) is 8.11. The fourth-order valence-corrected chi connectivity index (χ4v) is 4.67. The zero-order valence-electron chi connectivity index (χ0n) is 15.4. The van der Waals surface area contributed by atoms with E-state index in [1.165, 1.54) is 0 Å². The molecule has 0 aromatic heterocycles. The van der Waals surface area contributed by atoms with E-state index in [0.29, 0.717) is 19.3 Å². The van der Waals surface area contributed by atoms with Crippen molar-refractivity contribution in [1.29, 1.82) is 0 Å². The van der Waals surface area contributed by atoms with Gasteiger partial charge in [0.05, 0.1) is 5.92 Å². The molecular formula is C18H26F3N3O3. The predicted octanol–water partition coefficient (Wildman–Crippen LogP) is 2.72. The van der Waals surface area contributed by atoms with Crippen LogP contribution in [-0.4, -0.2) is 47.0 Å². The number of halogens is 3. The van der Waals surface area contributed by atoms with Crippen LogP contribution in [0.3, 0.4) is 0 Å². The molecule has 6 nitrogen and oxygen atoms in total. The summed E-state index contributed by atoms with van der Waals surface area (Å²) < 4.78 is 38.7. The number of nitrogens with one attached hydrogen (secondary N) is 2. The zero-order chi connectivity index (χ0) is 19.8. The molecule has 1 heterocycles. The van der Waals surface area contributed by atoms with Crippen molar-refractivity contribution in [2.75, 3.05) is 6.54 Å². The van der Waals surface area contributed by atoms with Crippen LogP contribution in [0, 0.1) is 11.8 Å². The summed E-state index contributed by atoms with van der Waals surface area (Å²) in [5.41, 5.74) is -0.943. The lowest BCUT2D eigenvalue weighted by molar-refractivity contribution is -0.184. The van der Waals surface area contributed by atoms with Gasteiger partial charge in [0.2, 0.25) is 5.91 Å². The molecule has 27 heavy (non-hydrogen) atoms. The van der Waals surface area contributed by atoms with E-state index in [9.17, 15) is 27.6 Å². The number of rotatable bonds is 3. The maximum atomic E-state index is 12.9. The highest BCUT2D eigenvalue weighted by Gasteiger charge is 2.55. The average molecular weight is 389 g/mol. The highest BCUT2D eigenvalue weighted by Crippen LogP contribution is 2.39. The van der Waals surface area contributed by atoms with Crippen molar-refractivity contribution in [1.82, 2.24) is 15.5 Å². The third kappa shape index (κ3) is 3.91. The van der Waals surface area contributed by atoms with Crippen molar-refractivity contribution in [3.05, 3.63) is 0 Å². The molecule has 2 N–H and O–H groups in total. The van der Waals surface area contributed by atoms with Crippen LogP contribution in [0.4, 0.5) is 18.0 Å². The first-order valence-corrected chi connectivity index (χ1v) is 9.63. The van der Waals surface area contributed by atoms with Crippen LogP contribution >= 0.6 is 0 Å². The molecule has 4 atom stereocenters. The van der Waals surface area contributed by atoms with Crippen molar-refractivity contribution in [3.8, 4) is 0 Å². The molecule has 1 aliphatic heterocycles. The Morgan fingerprint density at radius 3 is 2.63 bits per heavy atom. The SMILES string of the molecule is C[C@@H]1CCCC[C@]12NC(=O)N(CC(=O)N[C@@H]1CCC[C@@H](C(F)(F)F)C1)C2=O. The number of urea groups is 1. The highest BCUT2D eigenvalue weighted by atomic mass is 19.4. The van der Waals surface area contributed by atoms with Crippen molar-refractivity contribution in [2.45, 2.75) is 76.0 Å². The van der Waals surface area contributed by atoms with E-state index in [-0.39, 0.29) is 18.8 Å². The lowest BCUT2D eigenvalue weighted by Crippen LogP contribution is -2.54. The number of hydrogen-bond donors (Lipinski definition) is 2. The maximum Gasteiger partial charge on any atom is 0.391 e. The van der Waals surface area contributed by atoms with Gasteiger partial charge in [-0.15, -0.1) is 0 Å². The summed E-state index contributed by atoms with van der Waals surface area (Å²) in [6, 6.07) is -1.18. The third-order valence-corrected chi connectivity index (χ3v) is 6.31. The van der Waals surface area contributed by atoms with Gasteiger partial charge in [-0.25, -0.2) is 4.79 Å². The van der Waals surface area contributed by atoms with E-state index in [4.69, 9.17) is 0 Å². The van der Waals surface area contributed by atoms with Crippen LogP contribution in [-0.2, 0) is 9.59 Å². The molecule has 9 heteroatoms. The van der Waals surface area contributed by atoms with Crippen LogP contribution in [0.5, 0.6) is 0 Å². The molecule has 3 aliphatic rings. The molecule has 0 unspecified atom stereocenters. The summed E-state index contributed by atoms with van der Waals surface area (Å²) >= 11 is 0. The van der Waals surface area contributed by atoms with Crippen molar-refractivity contribution < 1.29 is 27.6 Å². The molecule has 1 saturated heterocycles. The summed E-state index contributed by atoms with van der Waals surface area (Å²) in [5.74, 6) is -2.42. The van der Waals surface area contributed by atoms with Crippen LogP contribution in [0.2, 0.25) is 0 Å². The molecule has 0 aromatic carbocycles. The van der Waals surface area contributed by atoms with Crippen molar-refractivity contribution in [2.24, 2.45) is 11.8 Å². The first-order chi connectivity index (χ1) is 12.6. The molecular weight excluding hydrogens is 363 g/mol. The van der Waals surface area contributed by atoms with Crippen LogP contribution in [0.1, 0.15) is 58.3 Å². The topological polar surface area (TPSA) is 78.5 Å². The van der Waals surface area contributed by atoms with E-state index in [1.54, 1.807) is 0 Å². The van der Waals surface area contributed by atoms with E-state index < -0.39 is 48.1 Å². The van der Waals surface area contributed by atoms with Gasteiger partial charge in [-0.3, -0.25) is 14.5 Å². The molecule has 152 valence electrons. The molecule has 0 radical (unpaired) electrons. The Morgan fingerprint density at radius 2 is 1.96 bits per heavy atom. The molecule has 0 bridgehead atoms. The summed E-state index contributed by atoms with van der Waals surface area (Å²) in [5, 5.41) is 5.34. The van der Waals surface area contributed by atoms with Crippen molar-refractivity contribution >= 4 is 17.8 Å². The Labute approximate surface area is 156 Å². The molecule has 0 aromatic rings. The fraction of sp³-hybridized carbons (Fsp3) is 0.833. The van der Waals surface area contributed by atoms with Gasteiger partial charge in [0.25, 0.3) is 5.91 Å². The normalized spacial score (nSPS) is 34.7. The first kappa shape index (κ1) is 19.9. The Hall–Kier alpha value is -1.80. The number of imide groups is 1. The first-order valence-electron chi connectivity index (χ1n) is 9.63. The number of carbonyl (C=O) groups excluding carboxylic acids is 3. The predicted molar refractivity (Wildman–Crippen MR) is 90.6 cm³/mol. The van der Waals surface area contributed by atoms with Gasteiger partial charge in [-0.2, -0.15) is 13.2 Å². The van der Waals surface area contributed by atoms with Gasteiger partial charge in [0.1, 0.15) is 12.1 Å².